The van der Waals surface area contributed by atoms with Crippen LogP contribution in [0, 0.1) is 5.41 Å². The monoisotopic (exact) mass is 349 g/mol. The van der Waals surface area contributed by atoms with E-state index < -0.39 is 15.6 Å². The van der Waals surface area contributed by atoms with Crippen molar-refractivity contribution in [3.63, 3.8) is 0 Å². The first-order chi connectivity index (χ1) is 8.89. The van der Waals surface area contributed by atoms with Gasteiger partial charge in [0.2, 0.25) is 0 Å². The van der Waals surface area contributed by atoms with Crippen molar-refractivity contribution in [3.05, 3.63) is 10.9 Å². The number of hydrogen-bond donors (Lipinski definition) is 3. The van der Waals surface area contributed by atoms with Crippen LogP contribution in [0.25, 0.3) is 0 Å². The van der Waals surface area contributed by atoms with Crippen LogP contribution in [0.4, 0.5) is 0 Å². The van der Waals surface area contributed by atoms with Crippen molar-refractivity contribution in [2.75, 3.05) is 6.54 Å². The Morgan fingerprint density at radius 1 is 1.42 bits per heavy atom. The van der Waals surface area contributed by atoms with Gasteiger partial charge in [0.1, 0.15) is 4.60 Å². The lowest BCUT2D eigenvalue weighted by atomic mass is 9.69. The molecule has 0 aliphatic heterocycles. The molecule has 0 amide bonds. The van der Waals surface area contributed by atoms with Crippen molar-refractivity contribution in [1.82, 2.24) is 14.7 Å². The molecule has 2 aliphatic carbocycles. The largest absolute Gasteiger partial charge is 0.389 e. The average Bonchev–Trinajstić information content (AvgIpc) is 2.99. The van der Waals surface area contributed by atoms with Crippen molar-refractivity contribution in [2.24, 2.45) is 5.41 Å². The Balaban J connectivity index is 1.72. The highest BCUT2D eigenvalue weighted by atomic mass is 79.9. The molecule has 106 valence electrons. The van der Waals surface area contributed by atoms with Gasteiger partial charge in [-0.25, -0.2) is 18.1 Å². The first kappa shape index (κ1) is 13.5. The molecule has 1 aromatic heterocycles. The van der Waals surface area contributed by atoms with Crippen LogP contribution in [0.5, 0.6) is 0 Å². The molecule has 0 spiro atoms. The minimum absolute atomic E-state index is 0.0314. The fourth-order valence-electron chi connectivity index (χ4n) is 2.76. The molecule has 8 heteroatoms. The van der Waals surface area contributed by atoms with Gasteiger partial charge in [-0.3, -0.25) is 0 Å². The molecule has 1 aromatic rings. The molecule has 0 radical (unpaired) electrons. The van der Waals surface area contributed by atoms with E-state index in [1.165, 1.54) is 6.33 Å². The van der Waals surface area contributed by atoms with Gasteiger partial charge in [0.05, 0.1) is 11.9 Å². The summed E-state index contributed by atoms with van der Waals surface area (Å²) in [4.78, 5) is 6.41. The van der Waals surface area contributed by atoms with Gasteiger partial charge in [0.25, 0.3) is 10.0 Å². The van der Waals surface area contributed by atoms with Gasteiger partial charge in [-0.2, -0.15) is 0 Å². The third-order valence-electron chi connectivity index (χ3n) is 4.45. The summed E-state index contributed by atoms with van der Waals surface area (Å²) in [6.07, 6.45) is 5.68. The van der Waals surface area contributed by atoms with Gasteiger partial charge in [-0.1, -0.05) is 0 Å². The maximum absolute atomic E-state index is 12.1. The fraction of sp³-hybridized carbons (Fsp3) is 0.727. The molecule has 2 aliphatic rings. The molecule has 2 fully saturated rings. The van der Waals surface area contributed by atoms with Crippen LogP contribution < -0.4 is 4.72 Å². The van der Waals surface area contributed by atoms with E-state index in [1.807, 2.05) is 0 Å². The molecule has 0 aromatic carbocycles. The number of halogens is 1. The molecule has 0 bridgehead atoms. The lowest BCUT2D eigenvalue weighted by Crippen LogP contribution is -2.50. The summed E-state index contributed by atoms with van der Waals surface area (Å²) in [6, 6.07) is 0. The SMILES string of the molecule is O=S(=O)(NCC1(C2(O)CCC2)CC1)c1[nH]cnc1Br. The van der Waals surface area contributed by atoms with E-state index in [0.717, 1.165) is 32.1 Å². The molecular formula is C11H16BrN3O3S. The van der Waals surface area contributed by atoms with E-state index in [9.17, 15) is 13.5 Å². The number of nitrogens with zero attached hydrogens (tertiary/aromatic N) is 1. The minimum atomic E-state index is -3.61. The Bertz CT molecular complexity index is 590. The van der Waals surface area contributed by atoms with Crippen molar-refractivity contribution in [2.45, 2.75) is 42.7 Å². The van der Waals surface area contributed by atoms with Crippen molar-refractivity contribution in [1.29, 1.82) is 0 Å². The van der Waals surface area contributed by atoms with Crippen LogP contribution in [-0.4, -0.2) is 35.6 Å². The summed E-state index contributed by atoms with van der Waals surface area (Å²) in [5.41, 5.74) is -0.925. The van der Waals surface area contributed by atoms with Crippen LogP contribution in [0.1, 0.15) is 32.1 Å². The third-order valence-corrected chi connectivity index (χ3v) is 6.69. The zero-order valence-corrected chi connectivity index (χ0v) is 12.7. The summed E-state index contributed by atoms with van der Waals surface area (Å²) in [5, 5.41) is 10.4. The summed E-state index contributed by atoms with van der Waals surface area (Å²) < 4.78 is 27.1. The molecule has 6 nitrogen and oxygen atoms in total. The fourth-order valence-corrected chi connectivity index (χ4v) is 4.71. The predicted octanol–water partition coefficient (Wildman–Crippen LogP) is 1.15. The van der Waals surface area contributed by atoms with E-state index in [2.05, 4.69) is 30.6 Å². The predicted molar refractivity (Wildman–Crippen MR) is 71.9 cm³/mol. The second-order valence-corrected chi connectivity index (χ2v) is 7.97. The topological polar surface area (TPSA) is 95.1 Å². The minimum Gasteiger partial charge on any atom is -0.389 e. The van der Waals surface area contributed by atoms with Crippen LogP contribution in [0.15, 0.2) is 16.0 Å². The van der Waals surface area contributed by atoms with Gasteiger partial charge >= 0.3 is 0 Å². The van der Waals surface area contributed by atoms with Crippen molar-refractivity contribution >= 4 is 26.0 Å². The van der Waals surface area contributed by atoms with Crippen LogP contribution >= 0.6 is 15.9 Å². The van der Waals surface area contributed by atoms with E-state index >= 15 is 0 Å². The van der Waals surface area contributed by atoms with Crippen LogP contribution in [0.2, 0.25) is 0 Å². The van der Waals surface area contributed by atoms with Gasteiger partial charge < -0.3 is 10.1 Å². The molecule has 0 atom stereocenters. The van der Waals surface area contributed by atoms with Gasteiger partial charge in [-0.05, 0) is 48.0 Å². The van der Waals surface area contributed by atoms with Crippen LogP contribution in [-0.2, 0) is 10.0 Å². The number of H-pyrrole nitrogens is 1. The number of hydrogen-bond acceptors (Lipinski definition) is 4. The average molecular weight is 350 g/mol. The summed E-state index contributed by atoms with van der Waals surface area (Å²) in [6.45, 7) is 0.289. The first-order valence-corrected chi connectivity index (χ1v) is 8.57. The van der Waals surface area contributed by atoms with E-state index in [0.29, 0.717) is 0 Å². The number of nitrogens with one attached hydrogen (secondary N) is 2. The summed E-state index contributed by atoms with van der Waals surface area (Å²) in [7, 11) is -3.61. The Morgan fingerprint density at radius 2 is 2.11 bits per heavy atom. The van der Waals surface area contributed by atoms with E-state index in [4.69, 9.17) is 0 Å². The maximum atomic E-state index is 12.1. The molecule has 3 rings (SSSR count). The highest BCUT2D eigenvalue weighted by Crippen LogP contribution is 2.60. The third kappa shape index (κ3) is 2.14. The zero-order valence-electron chi connectivity index (χ0n) is 10.3. The highest BCUT2D eigenvalue weighted by Gasteiger charge is 2.60. The molecular weight excluding hydrogens is 334 g/mol. The molecule has 0 unspecified atom stereocenters. The first-order valence-electron chi connectivity index (χ1n) is 6.30. The second-order valence-electron chi connectivity index (χ2n) is 5.51. The number of aromatic nitrogens is 2. The van der Waals surface area contributed by atoms with E-state index in [1.54, 1.807) is 0 Å². The molecule has 19 heavy (non-hydrogen) atoms. The second kappa shape index (κ2) is 4.28. The highest BCUT2D eigenvalue weighted by molar-refractivity contribution is 9.10. The molecule has 2 saturated carbocycles. The Hall–Kier alpha value is -0.440. The van der Waals surface area contributed by atoms with E-state index in [-0.39, 0.29) is 21.6 Å². The van der Waals surface area contributed by atoms with Crippen LogP contribution in [0.3, 0.4) is 0 Å². The lowest BCUT2D eigenvalue weighted by molar-refractivity contribution is -0.0940. The quantitative estimate of drug-likeness (QED) is 0.742. The van der Waals surface area contributed by atoms with Gasteiger partial charge in [0, 0.05) is 12.0 Å². The lowest BCUT2D eigenvalue weighted by Gasteiger charge is -2.44. The Labute approximate surface area is 120 Å². The molecule has 3 N–H and O–H groups in total. The van der Waals surface area contributed by atoms with Gasteiger partial charge in [-0.15, -0.1) is 0 Å². The molecule has 0 saturated heterocycles. The molecule has 1 heterocycles. The summed E-state index contributed by atoms with van der Waals surface area (Å²) in [5.74, 6) is 0. The number of aromatic amines is 1. The standard InChI is InChI=1S/C11H16BrN3O3S/c12-8-9(14-7-13-8)19(17,18)15-6-10(4-5-10)11(16)2-1-3-11/h7,15-16H,1-6H2,(H,13,14). The smallest absolute Gasteiger partial charge is 0.258 e. The number of sulfonamides is 1. The zero-order chi connectivity index (χ0) is 13.7. The Kier molecular flexibility index (Phi) is 3.05. The number of aliphatic hydroxyl groups is 1. The van der Waals surface area contributed by atoms with Crippen molar-refractivity contribution < 1.29 is 13.5 Å². The normalized spacial score (nSPS) is 23.9. The maximum Gasteiger partial charge on any atom is 0.258 e. The van der Waals surface area contributed by atoms with Gasteiger partial charge in [0.15, 0.2) is 5.03 Å². The number of rotatable bonds is 5. The van der Waals surface area contributed by atoms with Crippen molar-refractivity contribution in [3.8, 4) is 0 Å². The summed E-state index contributed by atoms with van der Waals surface area (Å²) >= 11 is 3.09. The Morgan fingerprint density at radius 3 is 2.53 bits per heavy atom. The number of imidazole rings is 1.